The maximum absolute atomic E-state index is 11.2. The van der Waals surface area contributed by atoms with Gasteiger partial charge in [0.15, 0.2) is 0 Å². The van der Waals surface area contributed by atoms with Crippen LogP contribution in [0.25, 0.3) is 0 Å². The Morgan fingerprint density at radius 3 is 2.93 bits per heavy atom. The van der Waals surface area contributed by atoms with Gasteiger partial charge in [0.2, 0.25) is 5.91 Å². The highest BCUT2D eigenvalue weighted by atomic mass is 16.8. The molecule has 0 saturated heterocycles. The lowest BCUT2D eigenvalue weighted by atomic mass is 10.5. The van der Waals surface area contributed by atoms with Gasteiger partial charge in [-0.3, -0.25) is 15.2 Å². The van der Waals surface area contributed by atoms with Gasteiger partial charge in [0, 0.05) is 18.9 Å². The van der Waals surface area contributed by atoms with Crippen LogP contribution < -0.4 is 10.5 Å². The minimum atomic E-state index is -0.356. The number of amides is 1. The number of imidazole rings is 1. The maximum atomic E-state index is 11.2. The van der Waals surface area contributed by atoms with Crippen LogP contribution in [0.4, 0.5) is 5.95 Å². The van der Waals surface area contributed by atoms with Crippen LogP contribution >= 0.6 is 0 Å². The molecule has 0 fully saturated rings. The third kappa shape index (κ3) is 3.20. The molecule has 0 spiro atoms. The summed E-state index contributed by atoms with van der Waals surface area (Å²) in [5.74, 6) is -0.515. The Balaban J connectivity index is 2.56. The number of carbonyl (C=O) groups is 1. The Bertz CT molecular complexity index is 325. The molecule has 0 bridgehead atoms. The molecule has 1 aromatic rings. The highest BCUT2D eigenvalue weighted by Crippen LogP contribution is 2.06. The van der Waals surface area contributed by atoms with Crippen molar-refractivity contribution in [2.45, 2.75) is 6.54 Å². The van der Waals surface area contributed by atoms with E-state index in [1.807, 2.05) is 0 Å². The molecular weight excluding hydrogens is 204 g/mol. The highest BCUT2D eigenvalue weighted by molar-refractivity contribution is 5.76. The van der Waals surface area contributed by atoms with Crippen LogP contribution in [0.1, 0.15) is 0 Å². The van der Waals surface area contributed by atoms with Crippen LogP contribution in [0, 0.1) is 0 Å². The van der Waals surface area contributed by atoms with Gasteiger partial charge >= 0.3 is 0 Å². The molecule has 8 heteroatoms. The summed E-state index contributed by atoms with van der Waals surface area (Å²) in [6.07, 6.45) is 2.75. The number of aliphatic hydroxyl groups excluding tert-OH is 1. The van der Waals surface area contributed by atoms with E-state index in [2.05, 4.69) is 10.3 Å². The zero-order chi connectivity index (χ0) is 11.3. The van der Waals surface area contributed by atoms with Crippen LogP contribution in [0.5, 0.6) is 0 Å². The molecule has 0 aliphatic rings. The van der Waals surface area contributed by atoms with E-state index >= 15 is 0 Å². The van der Waals surface area contributed by atoms with Crippen LogP contribution in [-0.2, 0) is 11.3 Å². The van der Waals surface area contributed by atoms with E-state index in [9.17, 15) is 4.79 Å². The smallest absolute Gasteiger partial charge is 0.258 e. The summed E-state index contributed by atoms with van der Waals surface area (Å²) in [6.45, 7) is -0.0908. The van der Waals surface area contributed by atoms with Gasteiger partial charge in [-0.05, 0) is 0 Å². The molecule has 0 unspecified atom stereocenters. The first-order chi connectivity index (χ1) is 7.15. The lowest BCUT2D eigenvalue weighted by Crippen LogP contribution is -2.30. The molecule has 8 nitrogen and oxygen atoms in total. The fourth-order valence-corrected chi connectivity index (χ4v) is 1.02. The molecule has 1 amide bonds. The van der Waals surface area contributed by atoms with Crippen molar-refractivity contribution in [3.05, 3.63) is 12.4 Å². The van der Waals surface area contributed by atoms with Crippen molar-refractivity contribution in [1.82, 2.24) is 14.9 Å². The maximum Gasteiger partial charge on any atom is 0.258 e. The van der Waals surface area contributed by atoms with Crippen molar-refractivity contribution < 1.29 is 20.3 Å². The normalized spacial score (nSPS) is 10.1. The summed E-state index contributed by atoms with van der Waals surface area (Å²) >= 11 is 0. The molecule has 0 aromatic carbocycles. The van der Waals surface area contributed by atoms with Crippen LogP contribution in [0.2, 0.25) is 0 Å². The molecule has 1 aromatic heterocycles. The molecule has 4 N–H and O–H groups in total. The molecule has 1 rings (SSSR count). The molecule has 0 atom stereocenters. The summed E-state index contributed by atoms with van der Waals surface area (Å²) in [5.41, 5.74) is 0. The van der Waals surface area contributed by atoms with Gasteiger partial charge in [0.1, 0.15) is 6.54 Å². The lowest BCUT2D eigenvalue weighted by Gasteiger charge is -2.10. The fourth-order valence-electron chi connectivity index (χ4n) is 1.02. The van der Waals surface area contributed by atoms with E-state index in [0.29, 0.717) is 0 Å². The van der Waals surface area contributed by atoms with E-state index in [1.54, 1.807) is 0 Å². The van der Waals surface area contributed by atoms with Gasteiger partial charge in [0.25, 0.3) is 5.95 Å². The number of aliphatic hydroxyl groups is 1. The Kier molecular flexibility index (Phi) is 4.03. The Labute approximate surface area is 85.3 Å². The van der Waals surface area contributed by atoms with Crippen LogP contribution in [0.15, 0.2) is 12.4 Å². The molecule has 0 radical (unpaired) electrons. The second-order valence-corrected chi connectivity index (χ2v) is 2.72. The Morgan fingerprint density at radius 2 is 2.33 bits per heavy atom. The zero-order valence-electron chi connectivity index (χ0n) is 7.87. The number of aromatic nitrogens is 2. The number of hydrogen-bond donors (Lipinski definition) is 4. The molecule has 0 aliphatic carbocycles. The van der Waals surface area contributed by atoms with Gasteiger partial charge in [-0.2, -0.15) is 0 Å². The summed E-state index contributed by atoms with van der Waals surface area (Å²) in [6, 6.07) is 0. The Hall–Kier alpha value is -1.64. The second kappa shape index (κ2) is 5.29. The zero-order valence-corrected chi connectivity index (χ0v) is 7.87. The average molecular weight is 216 g/mol. The van der Waals surface area contributed by atoms with E-state index in [1.165, 1.54) is 17.0 Å². The third-order valence-corrected chi connectivity index (χ3v) is 1.62. The molecule has 1 heterocycles. The summed E-state index contributed by atoms with van der Waals surface area (Å²) in [4.78, 5) is 14.8. The quantitative estimate of drug-likeness (QED) is 0.449. The standard InChI is InChI=1S/C7H12N4O4/c12-4-2-8-6(13)5-10-3-1-9-7(10)11(14)15/h1,3,12,14-15H,2,4-5H2,(H,8,13). The van der Waals surface area contributed by atoms with Gasteiger partial charge in [-0.1, -0.05) is 5.23 Å². The van der Waals surface area contributed by atoms with Crippen LogP contribution in [0.3, 0.4) is 0 Å². The van der Waals surface area contributed by atoms with E-state index < -0.39 is 0 Å². The fraction of sp³-hybridized carbons (Fsp3) is 0.429. The number of anilines is 1. The van der Waals surface area contributed by atoms with E-state index in [4.69, 9.17) is 15.5 Å². The topological polar surface area (TPSA) is 111 Å². The first-order valence-electron chi connectivity index (χ1n) is 4.21. The first kappa shape index (κ1) is 11.4. The number of nitrogens with zero attached hydrogens (tertiary/aromatic N) is 3. The number of nitrogens with one attached hydrogen (secondary N) is 1. The largest absolute Gasteiger partial charge is 0.395 e. The molecule has 15 heavy (non-hydrogen) atoms. The van der Waals surface area contributed by atoms with Gasteiger partial charge in [-0.15, -0.1) is 0 Å². The summed E-state index contributed by atoms with van der Waals surface area (Å²) in [5, 5.41) is 28.1. The minimum Gasteiger partial charge on any atom is -0.395 e. The average Bonchev–Trinajstić information content (AvgIpc) is 2.62. The third-order valence-electron chi connectivity index (χ3n) is 1.62. The molecule has 0 saturated carbocycles. The Morgan fingerprint density at radius 1 is 1.60 bits per heavy atom. The van der Waals surface area contributed by atoms with Gasteiger partial charge < -0.3 is 15.0 Å². The number of carbonyl (C=O) groups excluding carboxylic acids is 1. The SMILES string of the molecule is O=C(Cn1ccnc1N(O)O)NCCO. The monoisotopic (exact) mass is 216 g/mol. The summed E-state index contributed by atoms with van der Waals surface area (Å²) in [7, 11) is 0. The van der Waals surface area contributed by atoms with Crippen LogP contribution in [-0.4, -0.2) is 44.1 Å². The van der Waals surface area contributed by atoms with E-state index in [-0.39, 0.29) is 36.8 Å². The highest BCUT2D eigenvalue weighted by Gasteiger charge is 2.10. The minimum absolute atomic E-state index is 0.104. The predicted octanol–water partition coefficient (Wildman–Crippen LogP) is -1.42. The van der Waals surface area contributed by atoms with E-state index in [0.717, 1.165) is 0 Å². The van der Waals surface area contributed by atoms with Gasteiger partial charge in [0.05, 0.1) is 6.61 Å². The summed E-state index contributed by atoms with van der Waals surface area (Å²) < 4.78 is 1.24. The van der Waals surface area contributed by atoms with Crippen molar-refractivity contribution in [3.8, 4) is 0 Å². The number of hydrogen-bond acceptors (Lipinski definition) is 6. The second-order valence-electron chi connectivity index (χ2n) is 2.72. The predicted molar refractivity (Wildman–Crippen MR) is 48.4 cm³/mol. The van der Waals surface area contributed by atoms with Gasteiger partial charge in [-0.25, -0.2) is 4.98 Å². The number of rotatable bonds is 5. The van der Waals surface area contributed by atoms with Crippen molar-refractivity contribution in [1.29, 1.82) is 0 Å². The first-order valence-corrected chi connectivity index (χ1v) is 4.21. The molecule has 84 valence electrons. The van der Waals surface area contributed by atoms with Crippen molar-refractivity contribution in [2.75, 3.05) is 18.4 Å². The molecular formula is C7H12N4O4. The van der Waals surface area contributed by atoms with Crippen molar-refractivity contribution >= 4 is 11.9 Å². The lowest BCUT2D eigenvalue weighted by molar-refractivity contribution is -0.121. The molecule has 0 aliphatic heterocycles. The van der Waals surface area contributed by atoms with Crippen molar-refractivity contribution in [3.63, 3.8) is 0 Å². The van der Waals surface area contributed by atoms with Crippen molar-refractivity contribution in [2.24, 2.45) is 0 Å².